The number of benzene rings is 2. The van der Waals surface area contributed by atoms with Gasteiger partial charge in [-0.25, -0.2) is 0 Å². The predicted octanol–water partition coefficient (Wildman–Crippen LogP) is 6.35. The van der Waals surface area contributed by atoms with Gasteiger partial charge in [0.05, 0.1) is 11.3 Å². The molecule has 0 atom stereocenters. The number of carbonyl (C=O) groups excluding carboxylic acids is 1. The lowest BCUT2D eigenvalue weighted by molar-refractivity contribution is -0.113. The Hall–Kier alpha value is -2.86. The first-order valence-corrected chi connectivity index (χ1v) is 12.9. The molecule has 168 valence electrons. The monoisotopic (exact) mass is 492 g/mol. The summed E-state index contributed by atoms with van der Waals surface area (Å²) < 4.78 is 0. The maximum absolute atomic E-state index is 12.6. The van der Waals surface area contributed by atoms with Crippen LogP contribution in [-0.2, 0) is 17.6 Å². The number of nitriles is 1. The Morgan fingerprint density at radius 1 is 1.09 bits per heavy atom. The molecule has 3 aromatic rings. The lowest BCUT2D eigenvalue weighted by Gasteiger charge is -2.12. The second-order valence-corrected chi connectivity index (χ2v) is 10.4. The van der Waals surface area contributed by atoms with Gasteiger partial charge in [-0.15, -0.1) is 23.1 Å². The molecule has 0 fully saturated rings. The third kappa shape index (κ3) is 6.14. The van der Waals surface area contributed by atoms with Crippen LogP contribution in [0.1, 0.15) is 34.4 Å². The van der Waals surface area contributed by atoms with Gasteiger partial charge in [0, 0.05) is 21.1 Å². The molecule has 1 aliphatic carbocycles. The Bertz CT molecular complexity index is 1210. The van der Waals surface area contributed by atoms with Crippen molar-refractivity contribution in [1.82, 2.24) is 0 Å². The molecular weight excluding hydrogens is 469 g/mol. The summed E-state index contributed by atoms with van der Waals surface area (Å²) in [6.45, 7) is 2.04. The van der Waals surface area contributed by atoms with Crippen molar-refractivity contribution >= 4 is 62.7 Å². The third-order valence-electron chi connectivity index (χ3n) is 5.31. The van der Waals surface area contributed by atoms with E-state index in [4.69, 9.17) is 12.2 Å². The van der Waals surface area contributed by atoms with Gasteiger partial charge < -0.3 is 16.0 Å². The van der Waals surface area contributed by atoms with Crippen molar-refractivity contribution in [2.75, 3.05) is 21.7 Å². The zero-order chi connectivity index (χ0) is 23.2. The largest absolute Gasteiger partial charge is 0.332 e. The van der Waals surface area contributed by atoms with Gasteiger partial charge in [0.1, 0.15) is 11.1 Å². The van der Waals surface area contributed by atoms with Crippen molar-refractivity contribution in [3.63, 3.8) is 0 Å². The molecule has 5 nitrogen and oxygen atoms in total. The molecule has 1 amide bonds. The number of rotatable bonds is 6. The minimum Gasteiger partial charge on any atom is -0.332 e. The van der Waals surface area contributed by atoms with Crippen molar-refractivity contribution in [2.24, 2.45) is 0 Å². The second-order valence-electron chi connectivity index (χ2n) is 7.84. The molecule has 1 heterocycles. The summed E-state index contributed by atoms with van der Waals surface area (Å²) in [5.41, 5.74) is 4.74. The number of aryl methyl sites for hydroxylation is 2. The molecule has 0 unspecified atom stereocenters. The lowest BCUT2D eigenvalue weighted by Crippen LogP contribution is -2.19. The van der Waals surface area contributed by atoms with Gasteiger partial charge in [0.2, 0.25) is 5.91 Å². The standard InChI is InChI=1S/C25H24N4OS3/c1-16-9-11-17(12-10-16)27-25(31)28-18-5-4-6-19(13-18)32-15-23(30)29-24-21(14-26)20-7-2-3-8-22(20)33-24/h4-6,9-13H,2-3,7-8,15H2,1H3,(H,29,30)(H2,27,28,31). The summed E-state index contributed by atoms with van der Waals surface area (Å²) in [6, 6.07) is 18.1. The summed E-state index contributed by atoms with van der Waals surface area (Å²) in [7, 11) is 0. The lowest BCUT2D eigenvalue weighted by atomic mass is 9.96. The molecule has 0 spiro atoms. The van der Waals surface area contributed by atoms with E-state index >= 15 is 0 Å². The van der Waals surface area contributed by atoms with Crippen LogP contribution in [0, 0.1) is 18.3 Å². The topological polar surface area (TPSA) is 76.9 Å². The number of amides is 1. The van der Waals surface area contributed by atoms with Gasteiger partial charge in [-0.05, 0) is 80.7 Å². The fourth-order valence-corrected chi connectivity index (χ4v) is 5.92. The molecule has 33 heavy (non-hydrogen) atoms. The molecule has 0 aliphatic heterocycles. The van der Waals surface area contributed by atoms with Crippen LogP contribution in [0.5, 0.6) is 0 Å². The summed E-state index contributed by atoms with van der Waals surface area (Å²) >= 11 is 8.42. The Morgan fingerprint density at radius 3 is 2.64 bits per heavy atom. The number of carbonyl (C=O) groups is 1. The van der Waals surface area contributed by atoms with Crippen LogP contribution in [-0.4, -0.2) is 16.8 Å². The molecule has 1 aromatic heterocycles. The van der Waals surface area contributed by atoms with Gasteiger partial charge in [0.25, 0.3) is 0 Å². The van der Waals surface area contributed by atoms with E-state index in [1.165, 1.54) is 22.2 Å². The summed E-state index contributed by atoms with van der Waals surface area (Å²) in [5, 5.41) is 20.1. The van der Waals surface area contributed by atoms with Crippen LogP contribution in [0.25, 0.3) is 0 Å². The van der Waals surface area contributed by atoms with Gasteiger partial charge in [-0.3, -0.25) is 4.79 Å². The minimum atomic E-state index is -0.106. The average Bonchev–Trinajstić information content (AvgIpc) is 3.16. The minimum absolute atomic E-state index is 0.106. The first-order chi connectivity index (χ1) is 16.0. The molecule has 2 aromatic carbocycles. The SMILES string of the molecule is Cc1ccc(NC(=S)Nc2cccc(SCC(=O)Nc3sc4c(c3C#N)CCCC4)c2)cc1. The van der Waals surface area contributed by atoms with Crippen LogP contribution >= 0.6 is 35.3 Å². The van der Waals surface area contributed by atoms with Crippen LogP contribution in [0.3, 0.4) is 0 Å². The van der Waals surface area contributed by atoms with Gasteiger partial charge in [0.15, 0.2) is 5.11 Å². The molecule has 4 rings (SSSR count). The van der Waals surface area contributed by atoms with E-state index in [0.717, 1.165) is 47.5 Å². The highest BCUT2D eigenvalue weighted by Gasteiger charge is 2.21. The maximum Gasteiger partial charge on any atom is 0.235 e. The number of fused-ring (bicyclic) bond motifs is 1. The van der Waals surface area contributed by atoms with E-state index < -0.39 is 0 Å². The van der Waals surface area contributed by atoms with Crippen molar-refractivity contribution < 1.29 is 4.79 Å². The van der Waals surface area contributed by atoms with E-state index in [0.29, 0.717) is 15.7 Å². The zero-order valence-corrected chi connectivity index (χ0v) is 20.7. The van der Waals surface area contributed by atoms with Gasteiger partial charge in [-0.2, -0.15) is 5.26 Å². The summed E-state index contributed by atoms with van der Waals surface area (Å²) in [4.78, 5) is 14.8. The zero-order valence-electron chi connectivity index (χ0n) is 18.2. The molecule has 0 bridgehead atoms. The van der Waals surface area contributed by atoms with Crippen molar-refractivity contribution in [1.29, 1.82) is 5.26 Å². The number of hydrogen-bond acceptors (Lipinski definition) is 5. The highest BCUT2D eigenvalue weighted by atomic mass is 32.2. The highest BCUT2D eigenvalue weighted by Crippen LogP contribution is 2.37. The van der Waals surface area contributed by atoms with Crippen LogP contribution < -0.4 is 16.0 Å². The molecule has 0 saturated heterocycles. The summed E-state index contributed by atoms with van der Waals surface area (Å²) in [5.74, 6) is 0.160. The quantitative estimate of drug-likeness (QED) is 0.275. The Labute approximate surface area is 207 Å². The third-order valence-corrected chi connectivity index (χ3v) is 7.71. The second kappa shape index (κ2) is 10.8. The maximum atomic E-state index is 12.6. The van der Waals surface area contributed by atoms with Crippen molar-refractivity contribution in [2.45, 2.75) is 37.5 Å². The fraction of sp³-hybridized carbons (Fsp3) is 0.240. The number of thioether (sulfide) groups is 1. The van der Waals surface area contributed by atoms with Gasteiger partial charge in [-0.1, -0.05) is 23.8 Å². The van der Waals surface area contributed by atoms with Crippen molar-refractivity contribution in [3.05, 3.63) is 70.1 Å². The molecule has 0 saturated carbocycles. The van der Waals surface area contributed by atoms with E-state index in [1.54, 1.807) is 11.3 Å². The van der Waals surface area contributed by atoms with E-state index in [-0.39, 0.29) is 11.7 Å². The van der Waals surface area contributed by atoms with Crippen molar-refractivity contribution in [3.8, 4) is 6.07 Å². The number of thiophene rings is 1. The Morgan fingerprint density at radius 2 is 1.85 bits per heavy atom. The predicted molar refractivity (Wildman–Crippen MR) is 142 cm³/mol. The molecule has 0 radical (unpaired) electrons. The van der Waals surface area contributed by atoms with Crippen LogP contribution in [0.2, 0.25) is 0 Å². The number of nitrogens with zero attached hydrogens (tertiary/aromatic N) is 1. The molecule has 1 aliphatic rings. The number of thiocarbonyl (C=S) groups is 1. The smallest absolute Gasteiger partial charge is 0.235 e. The summed E-state index contributed by atoms with van der Waals surface area (Å²) in [6.07, 6.45) is 4.19. The van der Waals surface area contributed by atoms with Crippen LogP contribution in [0.15, 0.2) is 53.4 Å². The van der Waals surface area contributed by atoms with E-state index in [1.807, 2.05) is 55.5 Å². The molecular formula is C25H24N4OS3. The van der Waals surface area contributed by atoms with Crippen LogP contribution in [0.4, 0.5) is 16.4 Å². The van der Waals surface area contributed by atoms with Gasteiger partial charge >= 0.3 is 0 Å². The number of anilines is 3. The normalized spacial score (nSPS) is 12.4. The molecule has 8 heteroatoms. The first-order valence-electron chi connectivity index (χ1n) is 10.7. The number of hydrogen-bond donors (Lipinski definition) is 3. The Balaban J connectivity index is 1.32. The number of nitrogens with one attached hydrogen (secondary N) is 3. The fourth-order valence-electron chi connectivity index (χ4n) is 3.68. The highest BCUT2D eigenvalue weighted by molar-refractivity contribution is 8.00. The molecule has 3 N–H and O–H groups in total. The van der Waals surface area contributed by atoms with E-state index in [9.17, 15) is 10.1 Å². The first kappa shape index (κ1) is 23.3. The Kier molecular flexibility index (Phi) is 7.65. The van der Waals surface area contributed by atoms with E-state index in [2.05, 4.69) is 22.0 Å². The average molecular weight is 493 g/mol.